The minimum Gasteiger partial charge on any atom is -0.388 e. The van der Waals surface area contributed by atoms with E-state index in [2.05, 4.69) is 60.9 Å². The number of rotatable bonds is 11. The zero-order valence-corrected chi connectivity index (χ0v) is 42.3. The van der Waals surface area contributed by atoms with Gasteiger partial charge in [0.15, 0.2) is 0 Å². The van der Waals surface area contributed by atoms with E-state index in [1.54, 1.807) is 30.1 Å². The summed E-state index contributed by atoms with van der Waals surface area (Å²) < 4.78 is 35.8. The molecule has 3 aromatic heterocycles. The molecule has 3 saturated heterocycles. The molecule has 73 heavy (non-hydrogen) atoms. The van der Waals surface area contributed by atoms with Crippen LogP contribution in [0.1, 0.15) is 103 Å². The molecule has 5 aliphatic heterocycles. The first-order valence-electron chi connectivity index (χ1n) is 26.0. The van der Waals surface area contributed by atoms with E-state index in [0.29, 0.717) is 73.7 Å². The Balaban J connectivity index is 0.677. The fourth-order valence-electron chi connectivity index (χ4n) is 12.6. The van der Waals surface area contributed by atoms with Crippen LogP contribution in [0.2, 0.25) is 0 Å². The number of likely N-dealkylation sites (tertiary alicyclic amines) is 1. The van der Waals surface area contributed by atoms with E-state index in [4.69, 9.17) is 0 Å². The van der Waals surface area contributed by atoms with Gasteiger partial charge in [0, 0.05) is 143 Å². The highest BCUT2D eigenvalue weighted by Gasteiger charge is 2.61. The van der Waals surface area contributed by atoms with Gasteiger partial charge in [-0.05, 0) is 124 Å². The largest absolute Gasteiger partial charge is 0.388 e. The number of amides is 4. The molecule has 0 unspecified atom stereocenters. The van der Waals surface area contributed by atoms with Crippen molar-refractivity contribution in [1.29, 1.82) is 0 Å². The predicted octanol–water partition coefficient (Wildman–Crippen LogP) is 6.44. The second kappa shape index (κ2) is 19.0. The SMILES string of the molecule is CNc1ccn(-c2ccnc3c2cc([C@H](C)N2CC=C(c4c(C)cc(C(=O)N5CCC(CN6CCN(Cc7cc8c(cc7F)N([C@@H]7CCC(=O)NC7=O)C(=O)C87CC7)C[C@@H]6C)CC5)cc4F)CC2)n3C)c(=O)c1. The molecule has 382 valence electrons. The van der Waals surface area contributed by atoms with E-state index in [1.807, 2.05) is 43.1 Å². The van der Waals surface area contributed by atoms with Gasteiger partial charge in [0.1, 0.15) is 23.3 Å². The van der Waals surface area contributed by atoms with Gasteiger partial charge in [-0.3, -0.25) is 53.5 Å². The number of piperidine rings is 2. The van der Waals surface area contributed by atoms with Crippen LogP contribution in [-0.2, 0) is 33.4 Å². The van der Waals surface area contributed by atoms with Gasteiger partial charge in [-0.2, -0.15) is 0 Å². The number of carbonyl (C=O) groups is 4. The van der Waals surface area contributed by atoms with Gasteiger partial charge in [0.25, 0.3) is 11.5 Å². The summed E-state index contributed by atoms with van der Waals surface area (Å²) in [6.45, 7) is 12.5. The predicted molar refractivity (Wildman–Crippen MR) is 275 cm³/mol. The molecule has 6 aliphatic rings. The third-order valence-electron chi connectivity index (χ3n) is 17.0. The third kappa shape index (κ3) is 8.76. The van der Waals surface area contributed by atoms with Gasteiger partial charge in [-0.15, -0.1) is 0 Å². The molecule has 8 heterocycles. The molecule has 17 heteroatoms. The molecular formula is C56H64F2N10O5. The Morgan fingerprint density at radius 3 is 2.41 bits per heavy atom. The number of hydrogen-bond donors (Lipinski definition) is 2. The van der Waals surface area contributed by atoms with Gasteiger partial charge in [0.05, 0.1) is 16.8 Å². The average Bonchev–Trinajstić information content (AvgIpc) is 4.09. The summed E-state index contributed by atoms with van der Waals surface area (Å²) in [6.07, 6.45) is 9.68. The maximum Gasteiger partial charge on any atom is 0.257 e. The highest BCUT2D eigenvalue weighted by molar-refractivity contribution is 6.15. The van der Waals surface area contributed by atoms with E-state index in [9.17, 15) is 24.0 Å². The minimum absolute atomic E-state index is 0.0199. The zero-order valence-electron chi connectivity index (χ0n) is 42.3. The fraction of sp³-hybridized carbons (Fsp3) is 0.464. The van der Waals surface area contributed by atoms with Crippen LogP contribution < -0.4 is 21.1 Å². The van der Waals surface area contributed by atoms with Crippen molar-refractivity contribution >= 4 is 51.6 Å². The Bertz CT molecular complexity index is 3150. The monoisotopic (exact) mass is 995 g/mol. The minimum atomic E-state index is -0.819. The number of aromatic nitrogens is 3. The van der Waals surface area contributed by atoms with Crippen LogP contribution in [0.25, 0.3) is 22.3 Å². The number of imide groups is 1. The Labute approximate surface area is 423 Å². The summed E-state index contributed by atoms with van der Waals surface area (Å²) in [5, 5.41) is 6.25. The number of aryl methyl sites for hydroxylation is 2. The van der Waals surface area contributed by atoms with Crippen molar-refractivity contribution < 1.29 is 28.0 Å². The summed E-state index contributed by atoms with van der Waals surface area (Å²) in [7, 11) is 3.78. The number of halogens is 2. The first-order valence-corrected chi connectivity index (χ1v) is 26.0. The molecule has 2 aromatic carbocycles. The molecule has 0 bridgehead atoms. The maximum absolute atomic E-state index is 16.2. The molecule has 1 saturated carbocycles. The molecule has 11 rings (SSSR count). The highest BCUT2D eigenvalue weighted by Crippen LogP contribution is 2.58. The van der Waals surface area contributed by atoms with Crippen LogP contribution in [0.5, 0.6) is 0 Å². The van der Waals surface area contributed by atoms with Gasteiger partial charge in [-0.25, -0.2) is 13.8 Å². The lowest BCUT2D eigenvalue weighted by molar-refractivity contribution is -0.135. The Hall–Kier alpha value is -6.56. The van der Waals surface area contributed by atoms with E-state index in [1.165, 1.54) is 17.0 Å². The Morgan fingerprint density at radius 1 is 0.932 bits per heavy atom. The number of piperazine rings is 1. The van der Waals surface area contributed by atoms with Crippen molar-refractivity contribution in [2.75, 3.05) is 69.6 Å². The van der Waals surface area contributed by atoms with Crippen LogP contribution in [-0.4, -0.2) is 129 Å². The molecule has 3 atom stereocenters. The maximum atomic E-state index is 16.2. The van der Waals surface area contributed by atoms with Crippen molar-refractivity contribution in [2.45, 2.75) is 95.8 Å². The second-order valence-corrected chi connectivity index (χ2v) is 21.4. The first-order chi connectivity index (χ1) is 35.1. The van der Waals surface area contributed by atoms with Crippen LogP contribution in [0.3, 0.4) is 0 Å². The van der Waals surface area contributed by atoms with Crippen molar-refractivity contribution in [2.24, 2.45) is 13.0 Å². The van der Waals surface area contributed by atoms with Crippen molar-refractivity contribution in [3.05, 3.63) is 123 Å². The van der Waals surface area contributed by atoms with Crippen LogP contribution in [0.4, 0.5) is 20.2 Å². The lowest BCUT2D eigenvalue weighted by atomic mass is 9.92. The number of carbonyl (C=O) groups excluding carboxylic acids is 4. The molecule has 2 N–H and O–H groups in total. The lowest BCUT2D eigenvalue weighted by Crippen LogP contribution is -2.54. The van der Waals surface area contributed by atoms with Crippen LogP contribution in [0, 0.1) is 24.5 Å². The summed E-state index contributed by atoms with van der Waals surface area (Å²) in [4.78, 5) is 80.4. The number of benzene rings is 2. The molecule has 1 aliphatic carbocycles. The zero-order chi connectivity index (χ0) is 51.0. The normalized spacial score (nSPS) is 22.2. The van der Waals surface area contributed by atoms with Gasteiger partial charge in [0.2, 0.25) is 17.7 Å². The number of fused-ring (bicyclic) bond motifs is 3. The first kappa shape index (κ1) is 48.7. The Morgan fingerprint density at radius 2 is 1.73 bits per heavy atom. The van der Waals surface area contributed by atoms with Crippen molar-refractivity contribution in [3.63, 3.8) is 0 Å². The summed E-state index contributed by atoms with van der Waals surface area (Å²) >= 11 is 0. The average molecular weight is 995 g/mol. The Kier molecular flexibility index (Phi) is 12.7. The number of nitrogens with zero attached hydrogens (tertiary/aromatic N) is 8. The summed E-state index contributed by atoms with van der Waals surface area (Å²) in [5.74, 6) is -1.53. The summed E-state index contributed by atoms with van der Waals surface area (Å²) in [6, 6.07) is 13.4. The summed E-state index contributed by atoms with van der Waals surface area (Å²) in [5.41, 5.74) is 6.97. The van der Waals surface area contributed by atoms with E-state index < -0.39 is 23.2 Å². The van der Waals surface area contributed by atoms with Gasteiger partial charge in [-0.1, -0.05) is 6.08 Å². The molecule has 1 spiro atoms. The van der Waals surface area contributed by atoms with Crippen molar-refractivity contribution in [3.8, 4) is 5.69 Å². The number of pyridine rings is 2. The van der Waals surface area contributed by atoms with Crippen LogP contribution >= 0.6 is 0 Å². The van der Waals surface area contributed by atoms with Gasteiger partial charge >= 0.3 is 0 Å². The molecule has 0 radical (unpaired) electrons. The molecule has 4 amide bonds. The van der Waals surface area contributed by atoms with Gasteiger partial charge < -0.3 is 14.8 Å². The highest BCUT2D eigenvalue weighted by atomic mass is 19.1. The number of hydrogen-bond acceptors (Lipinski definition) is 10. The lowest BCUT2D eigenvalue weighted by Gasteiger charge is -2.42. The smallest absolute Gasteiger partial charge is 0.257 e. The van der Waals surface area contributed by atoms with E-state index in [0.717, 1.165) is 90.4 Å². The molecule has 4 fully saturated rings. The van der Waals surface area contributed by atoms with Crippen LogP contribution in [0.15, 0.2) is 71.8 Å². The topological polar surface area (TPSA) is 148 Å². The van der Waals surface area contributed by atoms with Crippen molar-refractivity contribution in [1.82, 2.24) is 39.0 Å². The second-order valence-electron chi connectivity index (χ2n) is 21.4. The molecular weight excluding hydrogens is 931 g/mol. The number of nitrogens with one attached hydrogen (secondary N) is 2. The molecule has 15 nitrogen and oxygen atoms in total. The standard InChI is InChI=1S/C56H64F2N10O5/c1-33-24-38(26-44(58)51(33)37-11-19-64(20-12-37)35(3)47-28-41-45(8-16-60-52(41)62(47)5)67-21-13-40(59-4)27-50(67)70)54(72)65-17-9-36(10-18-65)31-66-23-22-63(30-34(66)2)32-39-25-42-48(29-43(39)57)68(55(73)56(42)14-15-56)46-6-7-49(69)61-53(46)71/h8,11,13,16,21,24-29,34-36,46,59H,6-7,9-10,12,14-15,17-20,22-23,30-32H2,1-5H3,(H,61,69,71)/t34-,35-,46+/m0/s1. The molecule has 5 aromatic rings. The fourth-order valence-corrected chi connectivity index (χ4v) is 12.6. The number of anilines is 2. The third-order valence-corrected chi connectivity index (χ3v) is 17.0. The quantitative estimate of drug-likeness (QED) is 0.142. The van der Waals surface area contributed by atoms with E-state index >= 15 is 8.78 Å². The van der Waals surface area contributed by atoms with E-state index in [-0.39, 0.29) is 54.0 Å².